The third-order valence-electron chi connectivity index (χ3n) is 1.17. The molecule has 0 aromatic heterocycles. The molecule has 0 aliphatic heterocycles. The average Bonchev–Trinajstić information content (AvgIpc) is 1.64. The van der Waals surface area contributed by atoms with E-state index in [4.69, 9.17) is 10.8 Å². The van der Waals surface area contributed by atoms with Crippen molar-refractivity contribution in [3.63, 3.8) is 0 Å². The van der Waals surface area contributed by atoms with Crippen molar-refractivity contribution < 1.29 is 9.90 Å². The van der Waals surface area contributed by atoms with Gasteiger partial charge in [0.05, 0.1) is 12.0 Å². The van der Waals surface area contributed by atoms with Gasteiger partial charge in [0.15, 0.2) is 0 Å². The Morgan fingerprint density at radius 1 is 1.62 bits per heavy atom. The van der Waals surface area contributed by atoms with E-state index in [1.54, 1.807) is 6.92 Å². The highest BCUT2D eigenvalue weighted by Crippen LogP contribution is 1.98. The molecule has 3 nitrogen and oxygen atoms in total. The van der Waals surface area contributed by atoms with Crippen LogP contribution in [0.25, 0.3) is 0 Å². The van der Waals surface area contributed by atoms with Crippen molar-refractivity contribution >= 4 is 5.91 Å². The standard InChI is InChI=1S/C5H11NO2/c1-3(4(2)7)5(6)8/h3-4,7H,1-2H3,(H2,6,8)/t3-,4?/m0/s1. The number of aliphatic hydroxyl groups excluding tert-OH is 1. The quantitative estimate of drug-likeness (QED) is 0.511. The lowest BCUT2D eigenvalue weighted by molar-refractivity contribution is -0.124. The van der Waals surface area contributed by atoms with Crippen molar-refractivity contribution in [3.8, 4) is 0 Å². The van der Waals surface area contributed by atoms with Gasteiger partial charge in [-0.15, -0.1) is 0 Å². The van der Waals surface area contributed by atoms with Gasteiger partial charge < -0.3 is 10.8 Å². The number of amides is 1. The molecule has 1 amide bonds. The molecule has 0 aliphatic rings. The topological polar surface area (TPSA) is 63.3 Å². The van der Waals surface area contributed by atoms with Gasteiger partial charge in [-0.1, -0.05) is 6.92 Å². The minimum Gasteiger partial charge on any atom is -0.393 e. The van der Waals surface area contributed by atoms with Crippen molar-refractivity contribution in [2.45, 2.75) is 20.0 Å². The molecule has 0 saturated heterocycles. The third kappa shape index (κ3) is 1.93. The van der Waals surface area contributed by atoms with E-state index in [1.165, 1.54) is 6.92 Å². The van der Waals surface area contributed by atoms with Crippen molar-refractivity contribution in [3.05, 3.63) is 0 Å². The van der Waals surface area contributed by atoms with Gasteiger partial charge in [-0.25, -0.2) is 0 Å². The van der Waals surface area contributed by atoms with Crippen LogP contribution in [-0.4, -0.2) is 17.1 Å². The smallest absolute Gasteiger partial charge is 0.222 e. The molecule has 0 rings (SSSR count). The van der Waals surface area contributed by atoms with E-state index >= 15 is 0 Å². The molecule has 0 aliphatic carbocycles. The van der Waals surface area contributed by atoms with Gasteiger partial charge in [-0.3, -0.25) is 4.79 Å². The van der Waals surface area contributed by atoms with Crippen LogP contribution in [0.1, 0.15) is 13.8 Å². The monoisotopic (exact) mass is 117 g/mol. The number of carbonyl (C=O) groups excluding carboxylic acids is 1. The zero-order valence-corrected chi connectivity index (χ0v) is 5.09. The van der Waals surface area contributed by atoms with Gasteiger partial charge in [0, 0.05) is 0 Å². The predicted octanol–water partition coefficient (Wildman–Crippen LogP) is -0.511. The van der Waals surface area contributed by atoms with E-state index in [0.717, 1.165) is 0 Å². The van der Waals surface area contributed by atoms with Gasteiger partial charge in [0.25, 0.3) is 0 Å². The van der Waals surface area contributed by atoms with Crippen LogP contribution in [0.3, 0.4) is 0 Å². The fourth-order valence-corrected chi connectivity index (χ4v) is 0.238. The molecule has 0 aromatic carbocycles. The van der Waals surface area contributed by atoms with E-state index in [1.807, 2.05) is 0 Å². The van der Waals surface area contributed by atoms with Gasteiger partial charge in [-0.05, 0) is 6.92 Å². The Hall–Kier alpha value is -0.570. The lowest BCUT2D eigenvalue weighted by Gasteiger charge is -2.08. The first-order chi connectivity index (χ1) is 3.55. The number of aliphatic hydroxyl groups is 1. The van der Waals surface area contributed by atoms with Crippen LogP contribution in [0.5, 0.6) is 0 Å². The second-order valence-electron chi connectivity index (χ2n) is 1.93. The third-order valence-corrected chi connectivity index (χ3v) is 1.17. The summed E-state index contributed by atoms with van der Waals surface area (Å²) in [5, 5.41) is 8.69. The maximum Gasteiger partial charge on any atom is 0.222 e. The van der Waals surface area contributed by atoms with E-state index < -0.39 is 17.9 Å². The average molecular weight is 117 g/mol. The Morgan fingerprint density at radius 3 is 2.00 bits per heavy atom. The van der Waals surface area contributed by atoms with Crippen LogP contribution < -0.4 is 5.73 Å². The minimum absolute atomic E-state index is 0.435. The number of hydrogen-bond acceptors (Lipinski definition) is 2. The Bertz CT molecular complexity index is 90.4. The summed E-state index contributed by atoms with van der Waals surface area (Å²) in [7, 11) is 0. The van der Waals surface area contributed by atoms with Gasteiger partial charge >= 0.3 is 0 Å². The van der Waals surface area contributed by atoms with Crippen molar-refractivity contribution in [2.75, 3.05) is 0 Å². The van der Waals surface area contributed by atoms with E-state index in [-0.39, 0.29) is 0 Å². The van der Waals surface area contributed by atoms with E-state index in [2.05, 4.69) is 0 Å². The maximum atomic E-state index is 10.2. The first kappa shape index (κ1) is 7.43. The largest absolute Gasteiger partial charge is 0.393 e. The fraction of sp³-hybridized carbons (Fsp3) is 0.800. The van der Waals surface area contributed by atoms with Crippen LogP contribution in [0.2, 0.25) is 0 Å². The molecule has 0 radical (unpaired) electrons. The lowest BCUT2D eigenvalue weighted by atomic mass is 10.1. The maximum absolute atomic E-state index is 10.2. The first-order valence-corrected chi connectivity index (χ1v) is 2.53. The summed E-state index contributed by atoms with van der Waals surface area (Å²) in [6.07, 6.45) is -0.632. The zero-order chi connectivity index (χ0) is 6.73. The highest BCUT2D eigenvalue weighted by Gasteiger charge is 2.13. The van der Waals surface area contributed by atoms with Crippen LogP contribution in [0.15, 0.2) is 0 Å². The molecule has 3 N–H and O–H groups in total. The minimum atomic E-state index is -0.632. The second-order valence-corrected chi connectivity index (χ2v) is 1.93. The molecule has 0 fully saturated rings. The van der Waals surface area contributed by atoms with Gasteiger partial charge in [0.2, 0.25) is 5.91 Å². The number of primary amides is 1. The van der Waals surface area contributed by atoms with Crippen molar-refractivity contribution in [2.24, 2.45) is 11.7 Å². The Kier molecular flexibility index (Phi) is 2.48. The SMILES string of the molecule is CC(O)[C@H](C)C(N)=O. The van der Waals surface area contributed by atoms with Crippen LogP contribution in [-0.2, 0) is 4.79 Å². The molecule has 2 atom stereocenters. The summed E-state index contributed by atoms with van der Waals surface area (Å²) < 4.78 is 0. The molecule has 0 heterocycles. The normalized spacial score (nSPS) is 17.4. The van der Waals surface area contributed by atoms with Gasteiger partial charge in [-0.2, -0.15) is 0 Å². The summed E-state index contributed by atoms with van der Waals surface area (Å²) in [5.74, 6) is -0.894. The second kappa shape index (κ2) is 2.67. The first-order valence-electron chi connectivity index (χ1n) is 2.53. The fourth-order valence-electron chi connectivity index (χ4n) is 0.238. The summed E-state index contributed by atoms with van der Waals surface area (Å²) >= 11 is 0. The Labute approximate surface area is 48.5 Å². The molecule has 1 unspecified atom stereocenters. The number of carbonyl (C=O) groups is 1. The molecule has 0 aromatic rings. The number of nitrogens with two attached hydrogens (primary N) is 1. The molecule has 3 heteroatoms. The highest BCUT2D eigenvalue weighted by atomic mass is 16.3. The molecular formula is C5H11NO2. The summed E-state index contributed by atoms with van der Waals surface area (Å²) in [6, 6.07) is 0. The molecule has 0 saturated carbocycles. The Morgan fingerprint density at radius 2 is 2.00 bits per heavy atom. The van der Waals surface area contributed by atoms with Crippen molar-refractivity contribution in [1.82, 2.24) is 0 Å². The molecular weight excluding hydrogens is 106 g/mol. The zero-order valence-electron chi connectivity index (χ0n) is 5.09. The molecule has 0 bridgehead atoms. The highest BCUT2D eigenvalue weighted by molar-refractivity contribution is 5.76. The molecule has 8 heavy (non-hydrogen) atoms. The summed E-state index contributed by atoms with van der Waals surface area (Å²) in [4.78, 5) is 10.2. The molecule has 48 valence electrons. The van der Waals surface area contributed by atoms with Crippen LogP contribution >= 0.6 is 0 Å². The predicted molar refractivity (Wildman–Crippen MR) is 30.0 cm³/mol. The van der Waals surface area contributed by atoms with Crippen LogP contribution in [0, 0.1) is 5.92 Å². The van der Waals surface area contributed by atoms with Crippen molar-refractivity contribution in [1.29, 1.82) is 0 Å². The van der Waals surface area contributed by atoms with E-state index in [0.29, 0.717) is 0 Å². The Balaban J connectivity index is 3.64. The number of rotatable bonds is 2. The lowest BCUT2D eigenvalue weighted by Crippen LogP contribution is -2.28. The molecule has 0 spiro atoms. The number of hydrogen-bond donors (Lipinski definition) is 2. The van der Waals surface area contributed by atoms with E-state index in [9.17, 15) is 4.79 Å². The van der Waals surface area contributed by atoms with Gasteiger partial charge in [0.1, 0.15) is 0 Å². The van der Waals surface area contributed by atoms with Crippen LogP contribution in [0.4, 0.5) is 0 Å². The summed E-state index contributed by atoms with van der Waals surface area (Å²) in [6.45, 7) is 3.13. The summed E-state index contributed by atoms with van der Waals surface area (Å²) in [5.41, 5.74) is 4.84.